The van der Waals surface area contributed by atoms with E-state index in [0.717, 1.165) is 18.4 Å². The summed E-state index contributed by atoms with van der Waals surface area (Å²) >= 11 is 5.87. The summed E-state index contributed by atoms with van der Waals surface area (Å²) < 4.78 is 0. The first-order chi connectivity index (χ1) is 12.0. The summed E-state index contributed by atoms with van der Waals surface area (Å²) in [4.78, 5) is 31.0. The van der Waals surface area contributed by atoms with Gasteiger partial charge >= 0.3 is 0 Å². The molecule has 1 aliphatic rings. The van der Waals surface area contributed by atoms with Gasteiger partial charge in [-0.25, -0.2) is 4.98 Å². The molecule has 0 saturated carbocycles. The second kappa shape index (κ2) is 7.66. The molecule has 1 saturated heterocycles. The molecule has 0 spiro atoms. The molecule has 1 atom stereocenters. The van der Waals surface area contributed by atoms with Gasteiger partial charge in [0.15, 0.2) is 0 Å². The number of nitrogens with one attached hydrogen (secondary N) is 1. The van der Waals surface area contributed by atoms with Crippen LogP contribution in [-0.2, 0) is 4.79 Å². The minimum Gasteiger partial charge on any atom is -0.338 e. The lowest BCUT2D eigenvalue weighted by Crippen LogP contribution is -2.43. The highest BCUT2D eigenvalue weighted by molar-refractivity contribution is 6.30. The van der Waals surface area contributed by atoms with Crippen molar-refractivity contribution < 1.29 is 9.59 Å². The molecular weight excluding hydrogens is 338 g/mol. The molecule has 0 aliphatic carbocycles. The molecule has 6 heteroatoms. The molecule has 1 N–H and O–H groups in total. The molecule has 1 aromatic heterocycles. The number of piperidine rings is 1. The van der Waals surface area contributed by atoms with Gasteiger partial charge in [0.05, 0.1) is 5.92 Å². The van der Waals surface area contributed by atoms with E-state index in [1.807, 2.05) is 19.1 Å². The third kappa shape index (κ3) is 4.37. The molecule has 2 aromatic rings. The fourth-order valence-corrected chi connectivity index (χ4v) is 3.11. The first kappa shape index (κ1) is 17.4. The van der Waals surface area contributed by atoms with E-state index in [1.54, 1.807) is 35.4 Å². The van der Waals surface area contributed by atoms with Gasteiger partial charge in [-0.1, -0.05) is 11.6 Å². The molecular formula is C19H20ClN3O2. The van der Waals surface area contributed by atoms with E-state index in [4.69, 9.17) is 11.6 Å². The lowest BCUT2D eigenvalue weighted by Gasteiger charge is -2.32. The van der Waals surface area contributed by atoms with E-state index < -0.39 is 0 Å². The number of anilines is 1. The van der Waals surface area contributed by atoms with Gasteiger partial charge in [-0.3, -0.25) is 9.59 Å². The van der Waals surface area contributed by atoms with E-state index in [2.05, 4.69) is 10.3 Å². The van der Waals surface area contributed by atoms with Crippen molar-refractivity contribution in [3.63, 3.8) is 0 Å². The minimum atomic E-state index is -0.229. The maximum atomic E-state index is 12.6. The lowest BCUT2D eigenvalue weighted by molar-refractivity contribution is -0.121. The Morgan fingerprint density at radius 2 is 2.00 bits per heavy atom. The molecule has 2 heterocycles. The van der Waals surface area contributed by atoms with Crippen LogP contribution in [0.4, 0.5) is 5.82 Å². The van der Waals surface area contributed by atoms with Crippen molar-refractivity contribution in [2.24, 2.45) is 5.92 Å². The van der Waals surface area contributed by atoms with Gasteiger partial charge in [-0.15, -0.1) is 0 Å². The average Bonchev–Trinajstić information content (AvgIpc) is 2.62. The Balaban J connectivity index is 1.65. The largest absolute Gasteiger partial charge is 0.338 e. The normalized spacial score (nSPS) is 17.2. The van der Waals surface area contributed by atoms with Gasteiger partial charge in [0.2, 0.25) is 5.91 Å². The van der Waals surface area contributed by atoms with Crippen molar-refractivity contribution in [2.45, 2.75) is 19.8 Å². The number of amides is 2. The smallest absolute Gasteiger partial charge is 0.253 e. The van der Waals surface area contributed by atoms with Gasteiger partial charge < -0.3 is 10.2 Å². The number of nitrogens with zero attached hydrogens (tertiary/aromatic N) is 2. The number of likely N-dealkylation sites (tertiary alicyclic amines) is 1. The zero-order chi connectivity index (χ0) is 17.8. The molecule has 1 aromatic carbocycles. The van der Waals surface area contributed by atoms with Crippen LogP contribution in [0.1, 0.15) is 28.8 Å². The highest BCUT2D eigenvalue weighted by atomic mass is 35.5. The highest BCUT2D eigenvalue weighted by Gasteiger charge is 2.29. The number of aryl methyl sites for hydroxylation is 1. The Kier molecular flexibility index (Phi) is 5.34. The van der Waals surface area contributed by atoms with Crippen LogP contribution in [-0.4, -0.2) is 34.8 Å². The predicted octanol–water partition coefficient (Wildman–Crippen LogP) is 3.53. The summed E-state index contributed by atoms with van der Waals surface area (Å²) in [5.74, 6) is 0.160. The molecule has 0 bridgehead atoms. The fourth-order valence-electron chi connectivity index (χ4n) is 2.98. The first-order valence-electron chi connectivity index (χ1n) is 8.31. The Hall–Kier alpha value is -2.40. The predicted molar refractivity (Wildman–Crippen MR) is 97.7 cm³/mol. The van der Waals surface area contributed by atoms with Crippen molar-refractivity contribution in [2.75, 3.05) is 18.4 Å². The maximum Gasteiger partial charge on any atom is 0.253 e. The SMILES string of the molecule is Cc1ccnc(NC(=O)[C@H]2CCCN(C(=O)c3ccc(Cl)cc3)C2)c1. The van der Waals surface area contributed by atoms with Gasteiger partial charge in [0.25, 0.3) is 5.91 Å². The molecule has 3 rings (SSSR count). The molecule has 0 unspecified atom stereocenters. The Morgan fingerprint density at radius 3 is 2.72 bits per heavy atom. The van der Waals surface area contributed by atoms with Gasteiger partial charge in [-0.05, 0) is 61.7 Å². The van der Waals surface area contributed by atoms with Crippen LogP contribution >= 0.6 is 11.6 Å². The summed E-state index contributed by atoms with van der Waals surface area (Å²) in [5.41, 5.74) is 1.62. The van der Waals surface area contributed by atoms with Crippen molar-refractivity contribution in [3.05, 3.63) is 58.7 Å². The Labute approximate surface area is 152 Å². The molecule has 1 aliphatic heterocycles. The van der Waals surface area contributed by atoms with Crippen LogP contribution in [0.25, 0.3) is 0 Å². The number of pyridine rings is 1. The van der Waals surface area contributed by atoms with Crippen molar-refractivity contribution in [1.82, 2.24) is 9.88 Å². The number of benzene rings is 1. The zero-order valence-corrected chi connectivity index (χ0v) is 14.8. The number of hydrogen-bond acceptors (Lipinski definition) is 3. The van der Waals surface area contributed by atoms with Crippen molar-refractivity contribution in [1.29, 1.82) is 0 Å². The van der Waals surface area contributed by atoms with E-state index in [-0.39, 0.29) is 17.7 Å². The van der Waals surface area contributed by atoms with E-state index in [0.29, 0.717) is 29.5 Å². The van der Waals surface area contributed by atoms with Crippen LogP contribution < -0.4 is 5.32 Å². The topological polar surface area (TPSA) is 62.3 Å². The zero-order valence-electron chi connectivity index (χ0n) is 14.0. The number of carbonyl (C=O) groups is 2. The molecule has 0 radical (unpaired) electrons. The summed E-state index contributed by atoms with van der Waals surface area (Å²) in [6.45, 7) is 3.03. The number of hydrogen-bond donors (Lipinski definition) is 1. The van der Waals surface area contributed by atoms with Gasteiger partial charge in [0, 0.05) is 29.9 Å². The monoisotopic (exact) mass is 357 g/mol. The van der Waals surface area contributed by atoms with Crippen LogP contribution in [0.5, 0.6) is 0 Å². The van der Waals surface area contributed by atoms with Crippen LogP contribution in [0.2, 0.25) is 5.02 Å². The van der Waals surface area contributed by atoms with Gasteiger partial charge in [0.1, 0.15) is 5.82 Å². The lowest BCUT2D eigenvalue weighted by atomic mass is 9.96. The minimum absolute atomic E-state index is 0.0668. The third-order valence-electron chi connectivity index (χ3n) is 4.34. The van der Waals surface area contributed by atoms with Crippen LogP contribution in [0, 0.1) is 12.8 Å². The highest BCUT2D eigenvalue weighted by Crippen LogP contribution is 2.21. The summed E-state index contributed by atoms with van der Waals surface area (Å²) in [6, 6.07) is 10.5. The fraction of sp³-hybridized carbons (Fsp3) is 0.316. The van der Waals surface area contributed by atoms with E-state index in [9.17, 15) is 9.59 Å². The number of rotatable bonds is 3. The van der Waals surface area contributed by atoms with Crippen LogP contribution in [0.3, 0.4) is 0 Å². The summed E-state index contributed by atoms with van der Waals surface area (Å²) in [6.07, 6.45) is 3.24. The second-order valence-electron chi connectivity index (χ2n) is 6.30. The standard InChI is InChI=1S/C19H20ClN3O2/c1-13-8-9-21-17(11-13)22-18(24)15-3-2-10-23(12-15)19(25)14-4-6-16(20)7-5-14/h4-9,11,15H,2-3,10,12H2,1H3,(H,21,22,24)/t15-/m0/s1. The molecule has 130 valence electrons. The third-order valence-corrected chi connectivity index (χ3v) is 4.59. The summed E-state index contributed by atoms with van der Waals surface area (Å²) in [5, 5.41) is 3.45. The van der Waals surface area contributed by atoms with Gasteiger partial charge in [-0.2, -0.15) is 0 Å². The van der Waals surface area contributed by atoms with Crippen LogP contribution in [0.15, 0.2) is 42.6 Å². The quantitative estimate of drug-likeness (QED) is 0.913. The second-order valence-corrected chi connectivity index (χ2v) is 6.74. The Bertz CT molecular complexity index is 776. The van der Waals surface area contributed by atoms with E-state index >= 15 is 0 Å². The Morgan fingerprint density at radius 1 is 1.24 bits per heavy atom. The van der Waals surface area contributed by atoms with E-state index in [1.165, 1.54) is 0 Å². The maximum absolute atomic E-state index is 12.6. The molecule has 5 nitrogen and oxygen atoms in total. The number of carbonyl (C=O) groups excluding carboxylic acids is 2. The first-order valence-corrected chi connectivity index (χ1v) is 8.69. The summed E-state index contributed by atoms with van der Waals surface area (Å²) in [7, 11) is 0. The molecule has 2 amide bonds. The number of halogens is 1. The average molecular weight is 358 g/mol. The number of aromatic nitrogens is 1. The molecule has 25 heavy (non-hydrogen) atoms. The molecule has 1 fully saturated rings. The van der Waals surface area contributed by atoms with Crippen molar-refractivity contribution in [3.8, 4) is 0 Å². The van der Waals surface area contributed by atoms with Crippen molar-refractivity contribution >= 4 is 29.2 Å².